The maximum absolute atomic E-state index is 4.66. The Kier molecular flexibility index (Phi) is 5.27. The second-order valence-corrected chi connectivity index (χ2v) is 6.67. The summed E-state index contributed by atoms with van der Waals surface area (Å²) in [5.41, 5.74) is 7.41. The van der Waals surface area contributed by atoms with Crippen LogP contribution in [0.4, 0.5) is 0 Å². The number of hydrogen-bond donors (Lipinski definition) is 1. The van der Waals surface area contributed by atoms with Crippen LogP contribution in [0.2, 0.25) is 0 Å². The zero-order valence-electron chi connectivity index (χ0n) is 14.8. The average molecular weight is 318 g/mol. The molecular weight excluding hydrogens is 292 g/mol. The van der Waals surface area contributed by atoms with Crippen molar-refractivity contribution in [2.45, 2.75) is 39.7 Å². The summed E-state index contributed by atoms with van der Waals surface area (Å²) >= 11 is 0. The molecule has 0 saturated carbocycles. The molecule has 2 nitrogen and oxygen atoms in total. The number of allylic oxidation sites excluding steroid dienone is 1. The average Bonchev–Trinajstić information content (AvgIpc) is 3.15. The quantitative estimate of drug-likeness (QED) is 0.766. The van der Waals surface area contributed by atoms with Crippen LogP contribution in [0.1, 0.15) is 37.8 Å². The van der Waals surface area contributed by atoms with Crippen molar-refractivity contribution in [3.63, 3.8) is 0 Å². The topological polar surface area (TPSA) is 24.4 Å². The van der Waals surface area contributed by atoms with E-state index in [0.29, 0.717) is 6.04 Å². The predicted octanol–water partition coefficient (Wildman–Crippen LogP) is 5.24. The lowest BCUT2D eigenvalue weighted by Gasteiger charge is -2.09. The van der Waals surface area contributed by atoms with Gasteiger partial charge in [-0.1, -0.05) is 54.1 Å². The van der Waals surface area contributed by atoms with Gasteiger partial charge in [0.05, 0.1) is 0 Å². The molecule has 24 heavy (non-hydrogen) atoms. The Balaban J connectivity index is 1.73. The van der Waals surface area contributed by atoms with E-state index in [1.807, 2.05) is 6.20 Å². The van der Waals surface area contributed by atoms with Crippen LogP contribution in [-0.4, -0.2) is 18.3 Å². The fourth-order valence-corrected chi connectivity index (χ4v) is 3.08. The third kappa shape index (κ3) is 4.01. The van der Waals surface area contributed by atoms with Crippen LogP contribution in [0, 0.1) is 6.92 Å². The Bertz CT molecular complexity index is 731. The third-order valence-electron chi connectivity index (χ3n) is 4.75. The lowest BCUT2D eigenvalue weighted by Crippen LogP contribution is -2.28. The van der Waals surface area contributed by atoms with Gasteiger partial charge in [0.15, 0.2) is 0 Å². The Morgan fingerprint density at radius 1 is 1.00 bits per heavy atom. The number of hydrogen-bond acceptors (Lipinski definition) is 2. The zero-order chi connectivity index (χ0) is 16.9. The summed E-state index contributed by atoms with van der Waals surface area (Å²) in [6.45, 7) is 7.47. The van der Waals surface area contributed by atoms with Gasteiger partial charge in [0.1, 0.15) is 0 Å². The fourth-order valence-electron chi connectivity index (χ4n) is 3.08. The minimum atomic E-state index is 0.456. The van der Waals surface area contributed by atoms with E-state index in [4.69, 9.17) is 0 Å². The Morgan fingerprint density at radius 2 is 1.62 bits per heavy atom. The van der Waals surface area contributed by atoms with Gasteiger partial charge in [0.2, 0.25) is 0 Å². The molecular formula is C22H26N2. The SMILES string of the molecule is CC(=N/C=C(\C)c1ccc(-c2ccc(C)cc2)cc1)[C@@H]1CCCN1. The summed E-state index contributed by atoms with van der Waals surface area (Å²) in [6, 6.07) is 17.9. The molecule has 0 spiro atoms. The molecule has 3 rings (SSSR count). The molecule has 0 unspecified atom stereocenters. The van der Waals surface area contributed by atoms with Crippen LogP contribution in [0.3, 0.4) is 0 Å². The Hall–Kier alpha value is -2.19. The van der Waals surface area contributed by atoms with Crippen molar-refractivity contribution in [2.24, 2.45) is 4.99 Å². The van der Waals surface area contributed by atoms with Gasteiger partial charge in [-0.3, -0.25) is 4.99 Å². The third-order valence-corrected chi connectivity index (χ3v) is 4.75. The molecule has 0 radical (unpaired) electrons. The van der Waals surface area contributed by atoms with Crippen LogP contribution in [0.25, 0.3) is 16.7 Å². The van der Waals surface area contributed by atoms with E-state index in [1.165, 1.54) is 46.4 Å². The summed E-state index contributed by atoms with van der Waals surface area (Å²) in [5.74, 6) is 0. The van der Waals surface area contributed by atoms with E-state index in [9.17, 15) is 0 Å². The van der Waals surface area contributed by atoms with E-state index in [1.54, 1.807) is 0 Å². The highest BCUT2D eigenvalue weighted by molar-refractivity contribution is 5.88. The normalized spacial score (nSPS) is 18.9. The Morgan fingerprint density at radius 3 is 2.21 bits per heavy atom. The van der Waals surface area contributed by atoms with Gasteiger partial charge < -0.3 is 5.32 Å². The minimum absolute atomic E-state index is 0.456. The molecule has 124 valence electrons. The first-order valence-electron chi connectivity index (χ1n) is 8.75. The van der Waals surface area contributed by atoms with Gasteiger partial charge in [0, 0.05) is 18.0 Å². The molecule has 2 heteroatoms. The monoisotopic (exact) mass is 318 g/mol. The second-order valence-electron chi connectivity index (χ2n) is 6.67. The van der Waals surface area contributed by atoms with Crippen molar-refractivity contribution in [3.05, 3.63) is 65.9 Å². The molecule has 2 aromatic rings. The van der Waals surface area contributed by atoms with Gasteiger partial charge in [0.25, 0.3) is 0 Å². The van der Waals surface area contributed by atoms with Crippen LogP contribution in [0.15, 0.2) is 59.7 Å². The lowest BCUT2D eigenvalue weighted by atomic mass is 10.0. The summed E-state index contributed by atoms with van der Waals surface area (Å²) < 4.78 is 0. The number of rotatable bonds is 4. The second kappa shape index (κ2) is 7.59. The Labute approximate surface area is 145 Å². The fraction of sp³-hybridized carbons (Fsp3) is 0.318. The minimum Gasteiger partial charge on any atom is -0.309 e. The first kappa shape index (κ1) is 16.7. The molecule has 0 aromatic heterocycles. The highest BCUT2D eigenvalue weighted by Crippen LogP contribution is 2.23. The van der Waals surface area contributed by atoms with Crippen molar-refractivity contribution in [1.29, 1.82) is 0 Å². The largest absolute Gasteiger partial charge is 0.309 e. The predicted molar refractivity (Wildman–Crippen MR) is 104 cm³/mol. The van der Waals surface area contributed by atoms with E-state index in [2.05, 4.69) is 79.6 Å². The molecule has 1 saturated heterocycles. The van der Waals surface area contributed by atoms with Gasteiger partial charge in [-0.05, 0) is 62.4 Å². The van der Waals surface area contributed by atoms with Crippen molar-refractivity contribution in [2.75, 3.05) is 6.54 Å². The van der Waals surface area contributed by atoms with E-state index in [-0.39, 0.29) is 0 Å². The summed E-state index contributed by atoms with van der Waals surface area (Å²) in [6.07, 6.45) is 4.45. The number of nitrogens with one attached hydrogen (secondary N) is 1. The maximum Gasteiger partial charge on any atom is 0.0452 e. The molecule has 2 aromatic carbocycles. The summed E-state index contributed by atoms with van der Waals surface area (Å²) in [5, 5.41) is 3.49. The zero-order valence-corrected chi connectivity index (χ0v) is 14.8. The summed E-state index contributed by atoms with van der Waals surface area (Å²) in [7, 11) is 0. The number of aryl methyl sites for hydroxylation is 1. The molecule has 1 aliphatic heterocycles. The van der Waals surface area contributed by atoms with E-state index in [0.717, 1.165) is 6.54 Å². The van der Waals surface area contributed by atoms with Crippen LogP contribution in [-0.2, 0) is 0 Å². The van der Waals surface area contributed by atoms with Gasteiger partial charge >= 0.3 is 0 Å². The molecule has 1 fully saturated rings. The highest BCUT2D eigenvalue weighted by atomic mass is 15.0. The van der Waals surface area contributed by atoms with Crippen molar-refractivity contribution >= 4 is 11.3 Å². The summed E-state index contributed by atoms with van der Waals surface area (Å²) in [4.78, 5) is 4.66. The molecule has 1 N–H and O–H groups in total. The molecule has 0 bridgehead atoms. The van der Waals surface area contributed by atoms with E-state index >= 15 is 0 Å². The number of aliphatic imine (C=N–C) groups is 1. The molecule has 0 amide bonds. The first-order valence-corrected chi connectivity index (χ1v) is 8.75. The van der Waals surface area contributed by atoms with E-state index < -0.39 is 0 Å². The molecule has 0 aliphatic carbocycles. The van der Waals surface area contributed by atoms with Crippen LogP contribution >= 0.6 is 0 Å². The smallest absolute Gasteiger partial charge is 0.0452 e. The van der Waals surface area contributed by atoms with Crippen LogP contribution in [0.5, 0.6) is 0 Å². The number of nitrogens with zero attached hydrogens (tertiary/aromatic N) is 1. The van der Waals surface area contributed by atoms with Crippen molar-refractivity contribution in [3.8, 4) is 11.1 Å². The van der Waals surface area contributed by atoms with Crippen molar-refractivity contribution in [1.82, 2.24) is 5.32 Å². The first-order chi connectivity index (χ1) is 11.6. The van der Waals surface area contributed by atoms with Gasteiger partial charge in [-0.15, -0.1) is 0 Å². The highest BCUT2D eigenvalue weighted by Gasteiger charge is 2.15. The maximum atomic E-state index is 4.66. The number of benzene rings is 2. The van der Waals surface area contributed by atoms with Crippen molar-refractivity contribution < 1.29 is 0 Å². The lowest BCUT2D eigenvalue weighted by molar-refractivity contribution is 0.759. The molecule has 1 aliphatic rings. The standard InChI is InChI=1S/C22H26N2/c1-16-6-8-20(9-7-16)21-12-10-19(11-13-21)17(2)15-24-18(3)22-5-4-14-23-22/h6-13,15,22-23H,4-5,14H2,1-3H3/b17-15+,24-18?/t22-/m0/s1. The van der Waals surface area contributed by atoms with Crippen LogP contribution < -0.4 is 5.32 Å². The van der Waals surface area contributed by atoms with Gasteiger partial charge in [-0.25, -0.2) is 0 Å². The molecule has 1 heterocycles. The van der Waals surface area contributed by atoms with Gasteiger partial charge in [-0.2, -0.15) is 0 Å². The molecule has 1 atom stereocenters.